The van der Waals surface area contributed by atoms with E-state index < -0.39 is 34.1 Å². The fourth-order valence-electron chi connectivity index (χ4n) is 4.33. The molecule has 0 fully saturated rings. The molecule has 7 nitrogen and oxygen atoms in total. The number of benzene rings is 3. The highest BCUT2D eigenvalue weighted by molar-refractivity contribution is 7.92. The van der Waals surface area contributed by atoms with E-state index in [0.29, 0.717) is 16.3 Å². The predicted octanol–water partition coefficient (Wildman–Crippen LogP) is 5.22. The second-order valence-corrected chi connectivity index (χ2v) is 13.2. The first-order valence-corrected chi connectivity index (χ1v) is 15.5. The second kappa shape index (κ2) is 13.3. The number of hydrogen-bond donors (Lipinski definition) is 1. The van der Waals surface area contributed by atoms with Gasteiger partial charge in [0.05, 0.1) is 11.9 Å². The number of carbonyl (C=O) groups excluding carboxylic acids is 2. The van der Waals surface area contributed by atoms with Gasteiger partial charge in [0.25, 0.3) is 0 Å². The minimum Gasteiger partial charge on any atom is -0.350 e. The summed E-state index contributed by atoms with van der Waals surface area (Å²) >= 11 is 6.48. The van der Waals surface area contributed by atoms with Crippen LogP contribution in [-0.2, 0) is 39.0 Å². The lowest BCUT2D eigenvalue weighted by atomic mass is 10.0. The van der Waals surface area contributed by atoms with Crippen molar-refractivity contribution >= 4 is 39.1 Å². The molecule has 9 heteroatoms. The Morgan fingerprint density at radius 1 is 0.900 bits per heavy atom. The second-order valence-electron chi connectivity index (χ2n) is 10.8. The number of nitrogens with one attached hydrogen (secondary N) is 1. The van der Waals surface area contributed by atoms with Gasteiger partial charge in [0.15, 0.2) is 0 Å². The molecule has 0 spiro atoms. The van der Waals surface area contributed by atoms with Crippen molar-refractivity contribution in [2.75, 3.05) is 17.1 Å². The van der Waals surface area contributed by atoms with Gasteiger partial charge >= 0.3 is 0 Å². The van der Waals surface area contributed by atoms with E-state index in [1.54, 1.807) is 30.3 Å². The average molecular weight is 584 g/mol. The maximum Gasteiger partial charge on any atom is 0.244 e. The maximum absolute atomic E-state index is 14.1. The van der Waals surface area contributed by atoms with Crippen molar-refractivity contribution < 1.29 is 18.0 Å². The van der Waals surface area contributed by atoms with Crippen LogP contribution >= 0.6 is 11.6 Å². The van der Waals surface area contributed by atoms with Crippen LogP contribution < -0.4 is 9.62 Å². The Hall–Kier alpha value is -3.36. The number of hydrogen-bond acceptors (Lipinski definition) is 4. The molecule has 0 bridgehead atoms. The van der Waals surface area contributed by atoms with Crippen LogP contribution in [0.15, 0.2) is 78.9 Å². The van der Waals surface area contributed by atoms with E-state index in [2.05, 4.69) is 5.32 Å². The fourth-order valence-corrected chi connectivity index (χ4v) is 5.37. The van der Waals surface area contributed by atoms with E-state index in [1.807, 2.05) is 76.2 Å². The molecule has 3 aromatic rings. The lowest BCUT2D eigenvalue weighted by Gasteiger charge is -2.35. The molecule has 0 saturated carbocycles. The van der Waals surface area contributed by atoms with Gasteiger partial charge in [-0.2, -0.15) is 0 Å². The van der Waals surface area contributed by atoms with E-state index in [4.69, 9.17) is 11.6 Å². The van der Waals surface area contributed by atoms with E-state index in [0.717, 1.165) is 28.1 Å². The highest BCUT2D eigenvalue weighted by Crippen LogP contribution is 2.23. The van der Waals surface area contributed by atoms with E-state index in [-0.39, 0.29) is 18.9 Å². The van der Waals surface area contributed by atoms with Crippen LogP contribution in [0.5, 0.6) is 0 Å². The molecule has 0 saturated heterocycles. The van der Waals surface area contributed by atoms with Gasteiger partial charge in [0.2, 0.25) is 21.8 Å². The summed E-state index contributed by atoms with van der Waals surface area (Å²) in [5.74, 6) is -0.857. The summed E-state index contributed by atoms with van der Waals surface area (Å²) in [7, 11) is -3.82. The zero-order chi connectivity index (χ0) is 29.5. The Bertz CT molecular complexity index is 1400. The minimum absolute atomic E-state index is 0.0277. The molecule has 0 unspecified atom stereocenters. The normalized spacial score (nSPS) is 12.4. The molecule has 1 atom stereocenters. The standard InChI is InChI=1S/C31H38ClN3O4S/c1-6-23-16-18-26(19-17-23)35(40(5,38)39)22-29(36)34(21-25-14-10-11-15-27(25)32)28(30(37)33-31(2,3)4)20-24-12-8-7-9-13-24/h7-19,28H,6,20-22H2,1-5H3,(H,33,37)/t28-/m1/s1. The maximum atomic E-state index is 14.1. The number of rotatable bonds is 11. The van der Waals surface area contributed by atoms with Crippen molar-refractivity contribution in [1.82, 2.24) is 10.2 Å². The largest absolute Gasteiger partial charge is 0.350 e. The van der Waals surface area contributed by atoms with Crippen LogP contribution in [0.4, 0.5) is 5.69 Å². The van der Waals surface area contributed by atoms with Gasteiger partial charge in [-0.05, 0) is 62.1 Å². The molecule has 0 radical (unpaired) electrons. The van der Waals surface area contributed by atoms with Gasteiger partial charge in [-0.3, -0.25) is 13.9 Å². The lowest BCUT2D eigenvalue weighted by Crippen LogP contribution is -2.56. The SMILES string of the molecule is CCc1ccc(N(CC(=O)N(Cc2ccccc2Cl)[C@H](Cc2ccccc2)C(=O)NC(C)(C)C)S(C)(=O)=O)cc1. The molecule has 1 N–H and O–H groups in total. The van der Waals surface area contributed by atoms with Crippen molar-refractivity contribution in [3.63, 3.8) is 0 Å². The Morgan fingerprint density at radius 3 is 2.05 bits per heavy atom. The molecule has 0 aromatic heterocycles. The van der Waals surface area contributed by atoms with Crippen molar-refractivity contribution in [2.45, 2.75) is 58.7 Å². The Morgan fingerprint density at radius 2 is 1.50 bits per heavy atom. The summed E-state index contributed by atoms with van der Waals surface area (Å²) in [6.45, 7) is 7.18. The predicted molar refractivity (Wildman–Crippen MR) is 162 cm³/mol. The Balaban J connectivity index is 2.07. The first-order valence-electron chi connectivity index (χ1n) is 13.2. The molecule has 0 aliphatic rings. The average Bonchev–Trinajstić information content (AvgIpc) is 2.89. The topological polar surface area (TPSA) is 86.8 Å². The number of halogens is 1. The number of sulfonamides is 1. The molecule has 3 rings (SSSR count). The Labute approximate surface area is 243 Å². The molecule has 214 valence electrons. The van der Waals surface area contributed by atoms with E-state index >= 15 is 0 Å². The summed E-state index contributed by atoms with van der Waals surface area (Å²) in [6, 6.07) is 22.7. The zero-order valence-corrected chi connectivity index (χ0v) is 25.3. The van der Waals surface area contributed by atoms with Gasteiger partial charge in [0, 0.05) is 23.5 Å². The molecular weight excluding hydrogens is 546 g/mol. The zero-order valence-electron chi connectivity index (χ0n) is 23.7. The third-order valence-corrected chi connectivity index (χ3v) is 7.89. The molecular formula is C31H38ClN3O4S. The number of amides is 2. The number of aryl methyl sites for hydroxylation is 1. The summed E-state index contributed by atoms with van der Waals surface area (Å²) in [5.41, 5.74) is 2.39. The number of carbonyl (C=O) groups is 2. The monoisotopic (exact) mass is 583 g/mol. The van der Waals surface area contributed by atoms with Gasteiger partial charge in [-0.25, -0.2) is 8.42 Å². The molecule has 0 aliphatic carbocycles. The van der Waals surface area contributed by atoms with E-state index in [1.165, 1.54) is 4.90 Å². The van der Waals surface area contributed by atoms with Crippen LogP contribution in [0.2, 0.25) is 5.02 Å². The fraction of sp³-hybridized carbons (Fsp3) is 0.355. The van der Waals surface area contributed by atoms with E-state index in [9.17, 15) is 18.0 Å². The molecule has 3 aromatic carbocycles. The first-order chi connectivity index (χ1) is 18.8. The Kier molecular flexibility index (Phi) is 10.4. The lowest BCUT2D eigenvalue weighted by molar-refractivity contribution is -0.140. The summed E-state index contributed by atoms with van der Waals surface area (Å²) in [4.78, 5) is 29.3. The van der Waals surface area contributed by atoms with Gasteiger partial charge in [-0.1, -0.05) is 79.2 Å². The van der Waals surface area contributed by atoms with Crippen LogP contribution in [0.25, 0.3) is 0 Å². The summed E-state index contributed by atoms with van der Waals surface area (Å²) in [5, 5.41) is 3.45. The molecule has 0 heterocycles. The molecule has 40 heavy (non-hydrogen) atoms. The molecule has 2 amide bonds. The highest BCUT2D eigenvalue weighted by Gasteiger charge is 2.34. The third-order valence-electron chi connectivity index (χ3n) is 6.38. The van der Waals surface area contributed by atoms with Crippen LogP contribution in [0.3, 0.4) is 0 Å². The quantitative estimate of drug-likeness (QED) is 0.335. The van der Waals surface area contributed by atoms with Crippen LogP contribution in [0, 0.1) is 0 Å². The van der Waals surface area contributed by atoms with Crippen LogP contribution in [-0.4, -0.2) is 49.5 Å². The van der Waals surface area contributed by atoms with Crippen molar-refractivity contribution in [3.05, 3.63) is 101 Å². The molecule has 0 aliphatic heterocycles. The summed E-state index contributed by atoms with van der Waals surface area (Å²) in [6.07, 6.45) is 2.11. The highest BCUT2D eigenvalue weighted by atomic mass is 35.5. The first kappa shape index (κ1) is 31.2. The number of anilines is 1. The smallest absolute Gasteiger partial charge is 0.244 e. The van der Waals surface area contributed by atoms with Crippen molar-refractivity contribution in [3.8, 4) is 0 Å². The van der Waals surface area contributed by atoms with Gasteiger partial charge < -0.3 is 10.2 Å². The van der Waals surface area contributed by atoms with Crippen LogP contribution in [0.1, 0.15) is 44.4 Å². The van der Waals surface area contributed by atoms with Crippen molar-refractivity contribution in [1.29, 1.82) is 0 Å². The van der Waals surface area contributed by atoms with Crippen molar-refractivity contribution in [2.24, 2.45) is 0 Å². The third kappa shape index (κ3) is 8.83. The number of nitrogens with zero attached hydrogens (tertiary/aromatic N) is 2. The van der Waals surface area contributed by atoms with Gasteiger partial charge in [0.1, 0.15) is 12.6 Å². The summed E-state index contributed by atoms with van der Waals surface area (Å²) < 4.78 is 26.9. The minimum atomic E-state index is -3.82. The van der Waals surface area contributed by atoms with Gasteiger partial charge in [-0.15, -0.1) is 0 Å².